The number of methoxy groups -OCH3 is 1. The first kappa shape index (κ1) is 17.1. The lowest BCUT2D eigenvalue weighted by Crippen LogP contribution is -2.59. The van der Waals surface area contributed by atoms with Crippen molar-refractivity contribution < 1.29 is 27.4 Å². The molecule has 0 saturated heterocycles. The minimum Gasteiger partial charge on any atom is -0.493 e. The number of nitrogens with two attached hydrogens (primary N) is 1. The van der Waals surface area contributed by atoms with Crippen LogP contribution < -0.4 is 20.5 Å². The van der Waals surface area contributed by atoms with Crippen molar-refractivity contribution in [3.05, 3.63) is 18.2 Å². The van der Waals surface area contributed by atoms with Crippen LogP contribution in [-0.4, -0.2) is 31.3 Å². The van der Waals surface area contributed by atoms with Crippen LogP contribution in [0.1, 0.15) is 13.8 Å². The van der Waals surface area contributed by atoms with Crippen molar-refractivity contribution in [1.82, 2.24) is 0 Å². The van der Waals surface area contributed by atoms with Gasteiger partial charge in [-0.25, -0.2) is 0 Å². The van der Waals surface area contributed by atoms with Crippen molar-refractivity contribution in [3.63, 3.8) is 0 Å². The van der Waals surface area contributed by atoms with Crippen molar-refractivity contribution in [2.45, 2.75) is 25.6 Å². The summed E-state index contributed by atoms with van der Waals surface area (Å²) in [5.74, 6) is -0.647. The molecular weight excluding hydrogens is 289 g/mol. The van der Waals surface area contributed by atoms with Crippen molar-refractivity contribution in [3.8, 4) is 11.5 Å². The van der Waals surface area contributed by atoms with E-state index in [4.69, 9.17) is 15.2 Å². The second-order valence-corrected chi connectivity index (χ2v) is 4.45. The normalized spacial score (nSPS) is 14.2. The zero-order valence-electron chi connectivity index (χ0n) is 11.9. The second-order valence-electron chi connectivity index (χ2n) is 4.45. The van der Waals surface area contributed by atoms with Gasteiger partial charge in [-0.1, -0.05) is 0 Å². The summed E-state index contributed by atoms with van der Waals surface area (Å²) in [5, 5.41) is 2.11. The number of carbonyl (C=O) groups is 1. The molecule has 1 aromatic rings. The standard InChI is InChI=1S/C13H17F3N2O3/c1-4-21-9-6-5-8(7-10(9)20-3)18-11(19)12(2,17)13(14,15)16/h5-7H,4,17H2,1-3H3,(H,18,19). The predicted octanol–water partition coefficient (Wildman–Crippen LogP) is 2.31. The number of hydrogen-bond donors (Lipinski definition) is 2. The zero-order valence-corrected chi connectivity index (χ0v) is 11.9. The smallest absolute Gasteiger partial charge is 0.415 e. The van der Waals surface area contributed by atoms with E-state index in [1.807, 2.05) is 0 Å². The summed E-state index contributed by atoms with van der Waals surface area (Å²) in [6, 6.07) is 4.24. The van der Waals surface area contributed by atoms with Crippen LogP contribution in [0.25, 0.3) is 0 Å². The predicted molar refractivity (Wildman–Crippen MR) is 71.4 cm³/mol. The van der Waals surface area contributed by atoms with Crippen molar-refractivity contribution in [2.75, 3.05) is 19.0 Å². The Morgan fingerprint density at radius 2 is 1.95 bits per heavy atom. The molecule has 0 aliphatic carbocycles. The summed E-state index contributed by atoms with van der Waals surface area (Å²) in [5.41, 5.74) is 2.18. The molecular formula is C13H17F3N2O3. The maximum atomic E-state index is 12.7. The quantitative estimate of drug-likeness (QED) is 0.875. The highest BCUT2D eigenvalue weighted by molar-refractivity contribution is 5.98. The van der Waals surface area contributed by atoms with E-state index in [2.05, 4.69) is 5.32 Å². The minimum absolute atomic E-state index is 0.126. The topological polar surface area (TPSA) is 73.6 Å². The van der Waals surface area contributed by atoms with Crippen LogP contribution in [0.2, 0.25) is 0 Å². The molecule has 0 bridgehead atoms. The van der Waals surface area contributed by atoms with Crippen LogP contribution >= 0.6 is 0 Å². The molecule has 0 radical (unpaired) electrons. The molecule has 0 aromatic heterocycles. The molecule has 1 rings (SSSR count). The molecule has 0 fully saturated rings. The lowest BCUT2D eigenvalue weighted by molar-refractivity contribution is -0.184. The maximum absolute atomic E-state index is 12.7. The van der Waals surface area contributed by atoms with Crippen LogP contribution in [0.5, 0.6) is 11.5 Å². The van der Waals surface area contributed by atoms with Gasteiger partial charge in [0.1, 0.15) is 0 Å². The third-order valence-corrected chi connectivity index (χ3v) is 2.78. The second kappa shape index (κ2) is 6.21. The number of anilines is 1. The van der Waals surface area contributed by atoms with Crippen LogP contribution in [0.3, 0.4) is 0 Å². The summed E-state index contributed by atoms with van der Waals surface area (Å²) in [6.45, 7) is 2.78. The van der Waals surface area contributed by atoms with Crippen molar-refractivity contribution >= 4 is 11.6 Å². The highest BCUT2D eigenvalue weighted by Gasteiger charge is 2.53. The first-order chi connectivity index (χ1) is 9.63. The summed E-state index contributed by atoms with van der Waals surface area (Å²) in [4.78, 5) is 11.7. The largest absolute Gasteiger partial charge is 0.493 e. The van der Waals surface area contributed by atoms with E-state index in [1.54, 1.807) is 6.92 Å². The van der Waals surface area contributed by atoms with Gasteiger partial charge in [-0.05, 0) is 26.0 Å². The first-order valence-electron chi connectivity index (χ1n) is 6.11. The fourth-order valence-corrected chi connectivity index (χ4v) is 1.41. The number of nitrogens with one attached hydrogen (secondary N) is 1. The van der Waals surface area contributed by atoms with Gasteiger partial charge in [-0.2, -0.15) is 13.2 Å². The fraction of sp³-hybridized carbons (Fsp3) is 0.462. The average Bonchev–Trinajstić information content (AvgIpc) is 2.39. The van der Waals surface area contributed by atoms with E-state index < -0.39 is 17.6 Å². The number of rotatable bonds is 5. The molecule has 8 heteroatoms. The van der Waals surface area contributed by atoms with Crippen LogP contribution in [0.15, 0.2) is 18.2 Å². The van der Waals surface area contributed by atoms with Crippen LogP contribution in [-0.2, 0) is 4.79 Å². The molecule has 118 valence electrons. The molecule has 3 N–H and O–H groups in total. The molecule has 0 aliphatic rings. The summed E-state index contributed by atoms with van der Waals surface area (Å²) >= 11 is 0. The van der Waals surface area contributed by atoms with Gasteiger partial charge < -0.3 is 20.5 Å². The maximum Gasteiger partial charge on any atom is 0.415 e. The van der Waals surface area contributed by atoms with E-state index >= 15 is 0 Å². The van der Waals surface area contributed by atoms with Crippen molar-refractivity contribution in [2.24, 2.45) is 5.73 Å². The van der Waals surface area contributed by atoms with Crippen molar-refractivity contribution in [1.29, 1.82) is 0 Å². The minimum atomic E-state index is -4.85. The number of ether oxygens (including phenoxy) is 2. The third-order valence-electron chi connectivity index (χ3n) is 2.78. The SMILES string of the molecule is CCOc1ccc(NC(=O)C(C)(N)C(F)(F)F)cc1OC. The summed E-state index contributed by atoms with van der Waals surface area (Å²) in [6.07, 6.45) is -4.85. The Bertz CT molecular complexity index is 516. The van der Waals surface area contributed by atoms with Gasteiger partial charge in [0.2, 0.25) is 0 Å². The molecule has 1 aromatic carbocycles. The van der Waals surface area contributed by atoms with E-state index in [0.29, 0.717) is 25.0 Å². The molecule has 0 aliphatic heterocycles. The highest BCUT2D eigenvalue weighted by atomic mass is 19.4. The molecule has 0 saturated carbocycles. The van der Waals surface area contributed by atoms with Gasteiger partial charge in [-0.3, -0.25) is 4.79 Å². The molecule has 0 spiro atoms. The average molecular weight is 306 g/mol. The number of halogens is 3. The molecule has 1 unspecified atom stereocenters. The van der Waals surface area contributed by atoms with Gasteiger partial charge in [0.25, 0.3) is 5.91 Å². The summed E-state index contributed by atoms with van der Waals surface area (Å²) < 4.78 is 48.3. The van der Waals surface area contributed by atoms with E-state index in [1.165, 1.54) is 25.3 Å². The number of alkyl halides is 3. The van der Waals surface area contributed by atoms with Gasteiger partial charge >= 0.3 is 6.18 Å². The Balaban J connectivity index is 2.96. The molecule has 5 nitrogen and oxygen atoms in total. The fourth-order valence-electron chi connectivity index (χ4n) is 1.41. The van der Waals surface area contributed by atoms with E-state index in [0.717, 1.165) is 0 Å². The molecule has 21 heavy (non-hydrogen) atoms. The lowest BCUT2D eigenvalue weighted by atomic mass is 10.0. The van der Waals surface area contributed by atoms with E-state index in [9.17, 15) is 18.0 Å². The Morgan fingerprint density at radius 1 is 1.33 bits per heavy atom. The van der Waals surface area contributed by atoms with Gasteiger partial charge in [0, 0.05) is 11.8 Å². The van der Waals surface area contributed by atoms with Gasteiger partial charge in [0.05, 0.1) is 13.7 Å². The number of hydrogen-bond acceptors (Lipinski definition) is 4. The number of benzene rings is 1. The Labute approximate surface area is 120 Å². The third kappa shape index (κ3) is 3.78. The molecule has 1 atom stereocenters. The first-order valence-corrected chi connectivity index (χ1v) is 6.11. The molecule has 1 amide bonds. The Morgan fingerprint density at radius 3 is 2.43 bits per heavy atom. The zero-order chi connectivity index (χ0) is 16.3. The lowest BCUT2D eigenvalue weighted by Gasteiger charge is -2.26. The van der Waals surface area contributed by atoms with Gasteiger partial charge in [0.15, 0.2) is 17.0 Å². The van der Waals surface area contributed by atoms with Crippen LogP contribution in [0.4, 0.5) is 18.9 Å². The monoisotopic (exact) mass is 306 g/mol. The van der Waals surface area contributed by atoms with Crippen LogP contribution in [0, 0.1) is 0 Å². The summed E-state index contributed by atoms with van der Waals surface area (Å²) in [7, 11) is 1.38. The number of amides is 1. The number of carbonyl (C=O) groups excluding carboxylic acids is 1. The Kier molecular flexibility index (Phi) is 5.06. The Hall–Kier alpha value is -1.96. The van der Waals surface area contributed by atoms with E-state index in [-0.39, 0.29) is 5.69 Å². The highest BCUT2D eigenvalue weighted by Crippen LogP contribution is 2.32. The van der Waals surface area contributed by atoms with Gasteiger partial charge in [-0.15, -0.1) is 0 Å². The molecule has 0 heterocycles.